The highest BCUT2D eigenvalue weighted by Crippen LogP contribution is 2.26. The maximum Gasteiger partial charge on any atom is 0.573 e. The van der Waals surface area contributed by atoms with Gasteiger partial charge in [-0.1, -0.05) is 13.0 Å². The summed E-state index contributed by atoms with van der Waals surface area (Å²) in [6, 6.07) is 6.34. The first-order valence-corrected chi connectivity index (χ1v) is 7.31. The molecule has 1 unspecified atom stereocenters. The average Bonchev–Trinajstić information content (AvgIpc) is 2.62. The quantitative estimate of drug-likeness (QED) is 0.913. The van der Waals surface area contributed by atoms with Crippen LogP contribution in [0.1, 0.15) is 26.2 Å². The number of hydrogen-bond acceptors (Lipinski definition) is 3. The van der Waals surface area contributed by atoms with Gasteiger partial charge in [-0.15, -0.1) is 13.2 Å². The van der Waals surface area contributed by atoms with Crippen LogP contribution in [0.4, 0.5) is 18.9 Å². The smallest absolute Gasteiger partial charge is 0.406 e. The maximum absolute atomic E-state index is 12.2. The van der Waals surface area contributed by atoms with Gasteiger partial charge in [0.25, 0.3) is 0 Å². The predicted octanol–water partition coefficient (Wildman–Crippen LogP) is 3.87. The number of hydrogen-bond donors (Lipinski definition) is 1. The van der Waals surface area contributed by atoms with E-state index in [1.54, 1.807) is 12.1 Å². The molecule has 1 atom stereocenters. The molecule has 0 radical (unpaired) electrons. The van der Waals surface area contributed by atoms with Gasteiger partial charge in [0, 0.05) is 24.3 Å². The van der Waals surface area contributed by atoms with E-state index in [2.05, 4.69) is 21.9 Å². The van der Waals surface area contributed by atoms with Gasteiger partial charge in [0.05, 0.1) is 0 Å². The third kappa shape index (κ3) is 5.46. The van der Waals surface area contributed by atoms with Crippen LogP contribution in [-0.2, 0) is 0 Å². The zero-order chi connectivity index (χ0) is 15.3. The van der Waals surface area contributed by atoms with Crippen LogP contribution in [0.15, 0.2) is 24.3 Å². The SMILES string of the molecule is CCN1CCCC(Nc2cccc(OC(F)(F)F)c2)CC1. The van der Waals surface area contributed by atoms with E-state index in [1.807, 2.05) is 0 Å². The van der Waals surface area contributed by atoms with Crippen LogP contribution in [0.5, 0.6) is 5.75 Å². The number of rotatable bonds is 4. The molecular weight excluding hydrogens is 281 g/mol. The van der Waals surface area contributed by atoms with Gasteiger partial charge in [0.15, 0.2) is 0 Å². The van der Waals surface area contributed by atoms with E-state index in [9.17, 15) is 13.2 Å². The lowest BCUT2D eigenvalue weighted by Gasteiger charge is -2.19. The summed E-state index contributed by atoms with van der Waals surface area (Å²) in [5.41, 5.74) is 0.673. The molecule has 2 rings (SSSR count). The fourth-order valence-corrected chi connectivity index (χ4v) is 2.64. The largest absolute Gasteiger partial charge is 0.573 e. The Morgan fingerprint density at radius 3 is 2.81 bits per heavy atom. The molecule has 1 fully saturated rings. The second kappa shape index (κ2) is 7.02. The Kier molecular flexibility index (Phi) is 5.33. The summed E-state index contributed by atoms with van der Waals surface area (Å²) in [7, 11) is 0. The number of ether oxygens (including phenoxy) is 1. The highest BCUT2D eigenvalue weighted by atomic mass is 19.4. The molecule has 0 aromatic heterocycles. The maximum atomic E-state index is 12.2. The van der Waals surface area contributed by atoms with Crippen molar-refractivity contribution in [1.29, 1.82) is 0 Å². The highest BCUT2D eigenvalue weighted by molar-refractivity contribution is 5.48. The number of likely N-dealkylation sites (tertiary alicyclic amines) is 1. The van der Waals surface area contributed by atoms with Gasteiger partial charge >= 0.3 is 6.36 Å². The summed E-state index contributed by atoms with van der Waals surface area (Å²) < 4.78 is 40.6. The van der Waals surface area contributed by atoms with Crippen molar-refractivity contribution < 1.29 is 17.9 Å². The van der Waals surface area contributed by atoms with Crippen molar-refractivity contribution in [3.63, 3.8) is 0 Å². The molecule has 0 aliphatic carbocycles. The van der Waals surface area contributed by atoms with E-state index >= 15 is 0 Å². The molecule has 21 heavy (non-hydrogen) atoms. The lowest BCUT2D eigenvalue weighted by atomic mass is 10.1. The van der Waals surface area contributed by atoms with Crippen LogP contribution in [-0.4, -0.2) is 36.9 Å². The van der Waals surface area contributed by atoms with E-state index in [1.165, 1.54) is 12.1 Å². The Balaban J connectivity index is 1.94. The average molecular weight is 302 g/mol. The Hall–Kier alpha value is -1.43. The number of nitrogens with one attached hydrogen (secondary N) is 1. The van der Waals surface area contributed by atoms with Crippen LogP contribution < -0.4 is 10.1 Å². The van der Waals surface area contributed by atoms with Crippen LogP contribution in [0.2, 0.25) is 0 Å². The number of nitrogens with zero attached hydrogens (tertiary/aromatic N) is 1. The second-order valence-electron chi connectivity index (χ2n) is 5.28. The Bertz CT molecular complexity index is 451. The van der Waals surface area contributed by atoms with E-state index in [4.69, 9.17) is 0 Å². The van der Waals surface area contributed by atoms with Crippen molar-refractivity contribution in [3.05, 3.63) is 24.3 Å². The molecule has 0 bridgehead atoms. The third-order valence-corrected chi connectivity index (χ3v) is 3.71. The molecule has 1 aromatic carbocycles. The lowest BCUT2D eigenvalue weighted by molar-refractivity contribution is -0.274. The summed E-state index contributed by atoms with van der Waals surface area (Å²) >= 11 is 0. The third-order valence-electron chi connectivity index (χ3n) is 3.71. The molecule has 1 saturated heterocycles. The fraction of sp³-hybridized carbons (Fsp3) is 0.600. The van der Waals surface area contributed by atoms with Gasteiger partial charge in [-0.05, 0) is 44.5 Å². The van der Waals surface area contributed by atoms with Crippen molar-refractivity contribution in [2.24, 2.45) is 0 Å². The molecule has 118 valence electrons. The molecule has 1 N–H and O–H groups in total. The Labute approximate surface area is 123 Å². The van der Waals surface area contributed by atoms with Crippen molar-refractivity contribution >= 4 is 5.69 Å². The normalized spacial score (nSPS) is 20.9. The summed E-state index contributed by atoms with van der Waals surface area (Å²) in [6.45, 7) is 5.30. The minimum absolute atomic E-state index is 0.184. The van der Waals surface area contributed by atoms with Crippen molar-refractivity contribution in [1.82, 2.24) is 4.90 Å². The summed E-state index contributed by atoms with van der Waals surface area (Å²) in [6.07, 6.45) is -1.52. The molecule has 0 saturated carbocycles. The van der Waals surface area contributed by atoms with E-state index < -0.39 is 6.36 Å². The number of anilines is 1. The minimum Gasteiger partial charge on any atom is -0.406 e. The minimum atomic E-state index is -4.65. The lowest BCUT2D eigenvalue weighted by Crippen LogP contribution is -2.26. The van der Waals surface area contributed by atoms with Gasteiger partial charge in [-0.2, -0.15) is 0 Å². The molecule has 1 aliphatic heterocycles. The number of alkyl halides is 3. The molecule has 1 aliphatic rings. The topological polar surface area (TPSA) is 24.5 Å². The van der Waals surface area contributed by atoms with Gasteiger partial charge in [-0.3, -0.25) is 0 Å². The molecule has 1 aromatic rings. The van der Waals surface area contributed by atoms with Crippen molar-refractivity contribution in [3.8, 4) is 5.75 Å². The van der Waals surface area contributed by atoms with Crippen LogP contribution in [0, 0.1) is 0 Å². The summed E-state index contributed by atoms with van der Waals surface area (Å²) in [4.78, 5) is 2.39. The van der Waals surface area contributed by atoms with Gasteiger partial charge in [-0.25, -0.2) is 0 Å². The standard InChI is InChI=1S/C15H21F3N2O/c1-2-20-9-4-6-12(8-10-20)19-13-5-3-7-14(11-13)21-15(16,17)18/h3,5,7,11-12,19H,2,4,6,8-10H2,1H3. The number of halogens is 3. The van der Waals surface area contributed by atoms with Crippen molar-refractivity contribution in [2.75, 3.05) is 25.0 Å². The van der Waals surface area contributed by atoms with E-state index in [0.29, 0.717) is 11.7 Å². The molecule has 1 heterocycles. The monoisotopic (exact) mass is 302 g/mol. The molecule has 0 amide bonds. The Morgan fingerprint density at radius 2 is 2.10 bits per heavy atom. The molecule has 6 heteroatoms. The van der Waals surface area contributed by atoms with Gasteiger partial charge < -0.3 is 15.0 Å². The van der Waals surface area contributed by atoms with E-state index in [-0.39, 0.29) is 5.75 Å². The van der Waals surface area contributed by atoms with Crippen LogP contribution in [0.25, 0.3) is 0 Å². The Morgan fingerprint density at radius 1 is 1.29 bits per heavy atom. The molecular formula is C15H21F3N2O. The zero-order valence-corrected chi connectivity index (χ0v) is 12.1. The van der Waals surface area contributed by atoms with Crippen LogP contribution in [0.3, 0.4) is 0 Å². The van der Waals surface area contributed by atoms with Gasteiger partial charge in [0.2, 0.25) is 0 Å². The summed E-state index contributed by atoms with van der Waals surface area (Å²) in [5.74, 6) is -0.184. The summed E-state index contributed by atoms with van der Waals surface area (Å²) in [5, 5.41) is 3.32. The first kappa shape index (κ1) is 15.9. The molecule has 0 spiro atoms. The first-order chi connectivity index (χ1) is 9.96. The van der Waals surface area contributed by atoms with E-state index in [0.717, 1.165) is 38.9 Å². The predicted molar refractivity (Wildman–Crippen MR) is 76.5 cm³/mol. The zero-order valence-electron chi connectivity index (χ0n) is 12.1. The first-order valence-electron chi connectivity index (χ1n) is 7.31. The molecule has 3 nitrogen and oxygen atoms in total. The highest BCUT2D eigenvalue weighted by Gasteiger charge is 2.31. The fourth-order valence-electron chi connectivity index (χ4n) is 2.64. The second-order valence-corrected chi connectivity index (χ2v) is 5.28. The van der Waals surface area contributed by atoms with Gasteiger partial charge in [0.1, 0.15) is 5.75 Å². The number of benzene rings is 1. The van der Waals surface area contributed by atoms with Crippen LogP contribution >= 0.6 is 0 Å². The van der Waals surface area contributed by atoms with Crippen molar-refractivity contribution in [2.45, 2.75) is 38.6 Å².